The third kappa shape index (κ3) is 2.10. The van der Waals surface area contributed by atoms with Crippen molar-refractivity contribution >= 4 is 5.78 Å². The predicted molar refractivity (Wildman–Crippen MR) is 59.4 cm³/mol. The van der Waals surface area contributed by atoms with Crippen LogP contribution in [0.15, 0.2) is 4.52 Å². The maximum atomic E-state index is 11.0. The Hall–Kier alpha value is -1.27. The van der Waals surface area contributed by atoms with Crippen molar-refractivity contribution in [3.8, 4) is 0 Å². The fourth-order valence-corrected chi connectivity index (χ4v) is 2.55. The van der Waals surface area contributed by atoms with Crippen LogP contribution in [0.1, 0.15) is 24.7 Å². The van der Waals surface area contributed by atoms with Crippen molar-refractivity contribution in [2.45, 2.75) is 19.4 Å². The molecule has 1 atom stereocenters. The molecule has 2 bridgehead atoms. The van der Waals surface area contributed by atoms with Gasteiger partial charge in [-0.15, -0.1) is 0 Å². The molecule has 0 aromatic carbocycles. The number of carbonyl (C=O) groups excluding carboxylic acids is 1. The van der Waals surface area contributed by atoms with E-state index in [1.807, 2.05) is 0 Å². The van der Waals surface area contributed by atoms with Gasteiger partial charge < -0.3 is 4.52 Å². The molecule has 92 valence electrons. The summed E-state index contributed by atoms with van der Waals surface area (Å²) in [6, 6.07) is 0.238. The van der Waals surface area contributed by atoms with Gasteiger partial charge >= 0.3 is 0 Å². The molecule has 0 N–H and O–H groups in total. The van der Waals surface area contributed by atoms with E-state index in [0.717, 1.165) is 38.5 Å². The number of piperazine rings is 3. The Morgan fingerprint density at radius 3 is 2.76 bits per heavy atom. The second-order valence-corrected chi connectivity index (χ2v) is 4.78. The van der Waals surface area contributed by atoms with Crippen LogP contribution in [0.3, 0.4) is 0 Å². The first-order valence-corrected chi connectivity index (χ1v) is 6.01. The highest BCUT2D eigenvalue weighted by Gasteiger charge is 2.35. The normalized spacial score (nSPS) is 31.7. The summed E-state index contributed by atoms with van der Waals surface area (Å²) in [4.78, 5) is 20.1. The van der Waals surface area contributed by atoms with Gasteiger partial charge in [0.25, 0.3) is 0 Å². The van der Waals surface area contributed by atoms with E-state index in [0.29, 0.717) is 5.89 Å². The predicted octanol–water partition coefficient (Wildman–Crippen LogP) is -0.127. The molecule has 3 saturated heterocycles. The molecule has 6 nitrogen and oxygen atoms in total. The molecule has 6 heteroatoms. The Morgan fingerprint density at radius 1 is 1.41 bits per heavy atom. The minimum Gasteiger partial charge on any atom is -0.339 e. The summed E-state index contributed by atoms with van der Waals surface area (Å²) in [6.45, 7) is 6.91. The van der Waals surface area contributed by atoms with Crippen LogP contribution in [0.2, 0.25) is 0 Å². The summed E-state index contributed by atoms with van der Waals surface area (Å²) in [5, 5.41) is 4.00. The number of hydrogen-bond donors (Lipinski definition) is 0. The number of carbonyl (C=O) groups is 1. The summed E-state index contributed by atoms with van der Waals surface area (Å²) < 4.78 is 5.11. The highest BCUT2D eigenvalue weighted by atomic mass is 16.5. The Bertz CT molecular complexity index is 423. The number of ketones is 1. The van der Waals surface area contributed by atoms with E-state index in [1.165, 1.54) is 6.92 Å². The SMILES string of the molecule is CC(=O)Cc1nc(C2CN3CCN2CC3)no1. The topological polar surface area (TPSA) is 62.5 Å². The van der Waals surface area contributed by atoms with E-state index < -0.39 is 0 Å². The van der Waals surface area contributed by atoms with E-state index in [4.69, 9.17) is 4.52 Å². The number of hydrogen-bond acceptors (Lipinski definition) is 6. The zero-order valence-electron chi connectivity index (χ0n) is 9.93. The molecule has 17 heavy (non-hydrogen) atoms. The molecule has 1 aromatic heterocycles. The van der Waals surface area contributed by atoms with Crippen LogP contribution >= 0.6 is 0 Å². The number of nitrogens with zero attached hydrogens (tertiary/aromatic N) is 4. The van der Waals surface area contributed by atoms with Gasteiger partial charge in [0.1, 0.15) is 5.78 Å². The molecule has 3 aliphatic heterocycles. The Kier molecular flexibility index (Phi) is 2.68. The zero-order valence-corrected chi connectivity index (χ0v) is 9.93. The molecule has 1 aromatic rings. The zero-order chi connectivity index (χ0) is 11.8. The van der Waals surface area contributed by atoms with Crippen LogP contribution in [-0.4, -0.2) is 58.4 Å². The Labute approximate surface area is 99.6 Å². The number of rotatable bonds is 3. The molecule has 0 amide bonds. The van der Waals surface area contributed by atoms with Crippen molar-refractivity contribution in [1.29, 1.82) is 0 Å². The average Bonchev–Trinajstić information content (AvgIpc) is 2.78. The minimum absolute atomic E-state index is 0.0504. The van der Waals surface area contributed by atoms with Crippen molar-refractivity contribution < 1.29 is 9.32 Å². The Morgan fingerprint density at radius 2 is 2.18 bits per heavy atom. The molecule has 0 spiro atoms. The van der Waals surface area contributed by atoms with Gasteiger partial charge in [-0.3, -0.25) is 14.6 Å². The van der Waals surface area contributed by atoms with Crippen LogP contribution < -0.4 is 0 Å². The second kappa shape index (κ2) is 4.19. The third-order valence-electron chi connectivity index (χ3n) is 3.46. The van der Waals surface area contributed by atoms with E-state index in [1.54, 1.807) is 0 Å². The first-order chi connectivity index (χ1) is 8.22. The van der Waals surface area contributed by atoms with Gasteiger partial charge in [0.05, 0.1) is 12.5 Å². The first kappa shape index (κ1) is 10.9. The number of aromatic nitrogens is 2. The standard InChI is InChI=1S/C11H16N4O2/c1-8(16)6-10-12-11(13-17-10)9-7-14-2-4-15(9)5-3-14/h9H,2-7H2,1H3. The summed E-state index contributed by atoms with van der Waals surface area (Å²) >= 11 is 0. The van der Waals surface area contributed by atoms with Gasteiger partial charge in [-0.2, -0.15) is 4.98 Å². The molecule has 0 radical (unpaired) electrons. The summed E-state index contributed by atoms with van der Waals surface area (Å²) in [5.74, 6) is 1.21. The lowest BCUT2D eigenvalue weighted by atomic mass is 10.1. The lowest BCUT2D eigenvalue weighted by Crippen LogP contribution is -2.57. The summed E-state index contributed by atoms with van der Waals surface area (Å²) in [5.41, 5.74) is 0. The maximum Gasteiger partial charge on any atom is 0.234 e. The monoisotopic (exact) mass is 236 g/mol. The maximum absolute atomic E-state index is 11.0. The van der Waals surface area contributed by atoms with Crippen molar-refractivity contribution in [3.63, 3.8) is 0 Å². The average molecular weight is 236 g/mol. The van der Waals surface area contributed by atoms with E-state index >= 15 is 0 Å². The molecule has 4 rings (SSSR count). The molecular formula is C11H16N4O2. The highest BCUT2D eigenvalue weighted by Crippen LogP contribution is 2.26. The lowest BCUT2D eigenvalue weighted by molar-refractivity contribution is -0.116. The molecule has 4 heterocycles. The fourth-order valence-electron chi connectivity index (χ4n) is 2.55. The summed E-state index contributed by atoms with van der Waals surface area (Å²) in [6.07, 6.45) is 0.240. The molecular weight excluding hydrogens is 220 g/mol. The smallest absolute Gasteiger partial charge is 0.234 e. The van der Waals surface area contributed by atoms with Gasteiger partial charge in [-0.25, -0.2) is 0 Å². The number of fused-ring (bicyclic) bond motifs is 3. The van der Waals surface area contributed by atoms with Gasteiger partial charge in [0.15, 0.2) is 5.82 Å². The van der Waals surface area contributed by atoms with E-state index in [-0.39, 0.29) is 18.2 Å². The van der Waals surface area contributed by atoms with Crippen LogP contribution in [0.5, 0.6) is 0 Å². The quantitative estimate of drug-likeness (QED) is 0.728. The van der Waals surface area contributed by atoms with Crippen LogP contribution in [0.4, 0.5) is 0 Å². The van der Waals surface area contributed by atoms with Crippen molar-refractivity contribution in [1.82, 2.24) is 19.9 Å². The molecule has 1 unspecified atom stereocenters. The molecule has 0 aliphatic carbocycles. The lowest BCUT2D eigenvalue weighted by Gasteiger charge is -2.46. The van der Waals surface area contributed by atoms with Crippen LogP contribution in [0.25, 0.3) is 0 Å². The van der Waals surface area contributed by atoms with Crippen molar-refractivity contribution in [3.05, 3.63) is 11.7 Å². The fraction of sp³-hybridized carbons (Fsp3) is 0.727. The highest BCUT2D eigenvalue weighted by molar-refractivity contribution is 5.77. The van der Waals surface area contributed by atoms with Gasteiger partial charge in [-0.05, 0) is 6.92 Å². The van der Waals surface area contributed by atoms with Gasteiger partial charge in [0.2, 0.25) is 5.89 Å². The van der Waals surface area contributed by atoms with Crippen LogP contribution in [0, 0.1) is 0 Å². The number of Topliss-reactive ketones (excluding diaryl/α,β-unsaturated/α-hetero) is 1. The largest absolute Gasteiger partial charge is 0.339 e. The van der Waals surface area contributed by atoms with Gasteiger partial charge in [-0.1, -0.05) is 5.16 Å². The minimum atomic E-state index is 0.0504. The molecule has 3 aliphatic rings. The summed E-state index contributed by atoms with van der Waals surface area (Å²) in [7, 11) is 0. The first-order valence-electron chi connectivity index (χ1n) is 6.01. The van der Waals surface area contributed by atoms with Crippen molar-refractivity contribution in [2.24, 2.45) is 0 Å². The van der Waals surface area contributed by atoms with Gasteiger partial charge in [0, 0.05) is 32.7 Å². The van der Waals surface area contributed by atoms with Crippen LogP contribution in [-0.2, 0) is 11.2 Å². The molecule has 0 saturated carbocycles. The molecule has 3 fully saturated rings. The Balaban J connectivity index is 1.75. The van der Waals surface area contributed by atoms with E-state index in [2.05, 4.69) is 19.9 Å². The van der Waals surface area contributed by atoms with Crippen molar-refractivity contribution in [2.75, 3.05) is 32.7 Å². The van der Waals surface area contributed by atoms with E-state index in [9.17, 15) is 4.79 Å². The second-order valence-electron chi connectivity index (χ2n) is 4.78. The third-order valence-corrected chi connectivity index (χ3v) is 3.46.